The number of amides is 2. The molecule has 8 heteroatoms. The first-order valence-electron chi connectivity index (χ1n) is 4.55. The Bertz CT molecular complexity index is 284. The van der Waals surface area contributed by atoms with Crippen molar-refractivity contribution in [3.05, 3.63) is 0 Å². The summed E-state index contributed by atoms with van der Waals surface area (Å²) in [5.74, 6) is -2.20. The first-order chi connectivity index (χ1) is 7.42. The van der Waals surface area contributed by atoms with Gasteiger partial charge in [-0.2, -0.15) is 12.6 Å². The molecule has 0 unspecified atom stereocenters. The fourth-order valence-corrected chi connectivity index (χ4v) is 1.08. The van der Waals surface area contributed by atoms with E-state index in [2.05, 4.69) is 23.3 Å². The van der Waals surface area contributed by atoms with Gasteiger partial charge in [0.05, 0.1) is 6.54 Å². The van der Waals surface area contributed by atoms with Crippen LogP contribution in [0, 0.1) is 0 Å². The van der Waals surface area contributed by atoms with E-state index in [1.165, 1.54) is 6.92 Å². The average molecular weight is 249 g/mol. The van der Waals surface area contributed by atoms with Gasteiger partial charge in [-0.05, 0) is 6.92 Å². The SMILES string of the molecule is C[C@H](NC(=O)[C@H](CS)NC(=O)CN)C(=O)O. The fourth-order valence-electron chi connectivity index (χ4n) is 0.823. The first-order valence-corrected chi connectivity index (χ1v) is 5.19. The Kier molecular flexibility index (Phi) is 6.50. The van der Waals surface area contributed by atoms with Gasteiger partial charge in [-0.25, -0.2) is 0 Å². The van der Waals surface area contributed by atoms with Crippen LogP contribution in [-0.2, 0) is 14.4 Å². The van der Waals surface area contributed by atoms with Gasteiger partial charge in [-0.15, -0.1) is 0 Å². The molecule has 0 fully saturated rings. The molecule has 0 aromatic rings. The van der Waals surface area contributed by atoms with Crippen LogP contribution >= 0.6 is 12.6 Å². The third-order valence-electron chi connectivity index (χ3n) is 1.75. The smallest absolute Gasteiger partial charge is 0.325 e. The summed E-state index contributed by atoms with van der Waals surface area (Å²) in [6.07, 6.45) is 0. The summed E-state index contributed by atoms with van der Waals surface area (Å²) < 4.78 is 0. The molecule has 0 aliphatic carbocycles. The summed E-state index contributed by atoms with van der Waals surface area (Å²) in [4.78, 5) is 32.9. The van der Waals surface area contributed by atoms with Gasteiger partial charge in [0.25, 0.3) is 0 Å². The van der Waals surface area contributed by atoms with Crippen LogP contribution in [0.5, 0.6) is 0 Å². The van der Waals surface area contributed by atoms with E-state index in [-0.39, 0.29) is 12.3 Å². The molecule has 7 nitrogen and oxygen atoms in total. The van der Waals surface area contributed by atoms with Gasteiger partial charge in [0, 0.05) is 5.75 Å². The highest BCUT2D eigenvalue weighted by molar-refractivity contribution is 7.80. The molecule has 0 heterocycles. The van der Waals surface area contributed by atoms with Crippen LogP contribution in [0.15, 0.2) is 0 Å². The van der Waals surface area contributed by atoms with Crippen LogP contribution in [0.1, 0.15) is 6.92 Å². The molecule has 2 atom stereocenters. The van der Waals surface area contributed by atoms with Crippen LogP contribution in [0.25, 0.3) is 0 Å². The van der Waals surface area contributed by atoms with Gasteiger partial charge in [0.15, 0.2) is 0 Å². The van der Waals surface area contributed by atoms with Gasteiger partial charge in [0.1, 0.15) is 12.1 Å². The number of carbonyl (C=O) groups is 3. The second-order valence-corrected chi connectivity index (χ2v) is 3.44. The number of nitrogens with two attached hydrogens (primary N) is 1. The van der Waals surface area contributed by atoms with Crippen LogP contribution in [0.2, 0.25) is 0 Å². The Morgan fingerprint density at radius 1 is 1.38 bits per heavy atom. The molecule has 0 aliphatic rings. The van der Waals surface area contributed by atoms with Crippen molar-refractivity contribution in [2.45, 2.75) is 19.0 Å². The van der Waals surface area contributed by atoms with E-state index in [0.717, 1.165) is 0 Å². The Balaban J connectivity index is 4.31. The van der Waals surface area contributed by atoms with E-state index < -0.39 is 29.9 Å². The molecule has 0 saturated heterocycles. The number of rotatable bonds is 6. The Morgan fingerprint density at radius 3 is 2.31 bits per heavy atom. The minimum Gasteiger partial charge on any atom is -0.480 e. The van der Waals surface area contributed by atoms with E-state index in [1.54, 1.807) is 0 Å². The minimum atomic E-state index is -1.16. The Morgan fingerprint density at radius 2 is 1.94 bits per heavy atom. The standard InChI is InChI=1S/C8H15N3O4S/c1-4(8(14)15)10-7(13)5(3-16)11-6(12)2-9/h4-5,16H,2-3,9H2,1H3,(H,10,13)(H,11,12)(H,14,15)/t4-,5-/m0/s1. The van der Waals surface area contributed by atoms with Crippen LogP contribution in [0.3, 0.4) is 0 Å². The third-order valence-corrected chi connectivity index (χ3v) is 2.11. The first kappa shape index (κ1) is 14.7. The predicted octanol–water partition coefficient (Wildman–Crippen LogP) is -2.05. The lowest BCUT2D eigenvalue weighted by atomic mass is 10.2. The number of hydrogen-bond acceptors (Lipinski definition) is 5. The van der Waals surface area contributed by atoms with Crippen molar-refractivity contribution in [3.8, 4) is 0 Å². The molecule has 16 heavy (non-hydrogen) atoms. The van der Waals surface area contributed by atoms with Crippen LogP contribution in [0.4, 0.5) is 0 Å². The topological polar surface area (TPSA) is 122 Å². The summed E-state index contributed by atoms with van der Waals surface area (Å²) in [5.41, 5.74) is 5.06. The van der Waals surface area contributed by atoms with E-state index in [4.69, 9.17) is 10.8 Å². The highest BCUT2D eigenvalue weighted by Gasteiger charge is 2.22. The van der Waals surface area contributed by atoms with Crippen molar-refractivity contribution in [1.29, 1.82) is 0 Å². The number of hydrogen-bond donors (Lipinski definition) is 5. The number of carbonyl (C=O) groups excluding carboxylic acids is 2. The van der Waals surface area contributed by atoms with Crippen molar-refractivity contribution < 1.29 is 19.5 Å². The lowest BCUT2D eigenvalue weighted by Gasteiger charge is -2.17. The zero-order chi connectivity index (χ0) is 12.7. The Labute approximate surface area is 98.2 Å². The van der Waals surface area contributed by atoms with Crippen molar-refractivity contribution >= 4 is 30.4 Å². The quantitative estimate of drug-likeness (QED) is 0.347. The molecule has 2 amide bonds. The maximum Gasteiger partial charge on any atom is 0.325 e. The molecule has 0 aromatic carbocycles. The second kappa shape index (κ2) is 7.07. The highest BCUT2D eigenvalue weighted by Crippen LogP contribution is 1.91. The fraction of sp³-hybridized carbons (Fsp3) is 0.625. The molecule has 0 bridgehead atoms. The molecule has 0 aliphatic heterocycles. The van der Waals surface area contributed by atoms with Gasteiger partial charge < -0.3 is 21.5 Å². The summed E-state index contributed by atoms with van der Waals surface area (Å²) in [7, 11) is 0. The summed E-state index contributed by atoms with van der Waals surface area (Å²) >= 11 is 3.88. The zero-order valence-corrected chi connectivity index (χ0v) is 9.66. The maximum atomic E-state index is 11.5. The third kappa shape index (κ3) is 4.99. The minimum absolute atomic E-state index is 0.0594. The number of carboxylic acids is 1. The van der Waals surface area contributed by atoms with Crippen molar-refractivity contribution in [2.75, 3.05) is 12.3 Å². The largest absolute Gasteiger partial charge is 0.480 e. The lowest BCUT2D eigenvalue weighted by molar-refractivity contribution is -0.141. The lowest BCUT2D eigenvalue weighted by Crippen LogP contribution is -2.52. The average Bonchev–Trinajstić information content (AvgIpc) is 2.24. The van der Waals surface area contributed by atoms with E-state index in [1.807, 2.05) is 0 Å². The summed E-state index contributed by atoms with van der Waals surface area (Å²) in [6.45, 7) is 1.08. The zero-order valence-electron chi connectivity index (χ0n) is 8.77. The van der Waals surface area contributed by atoms with Gasteiger partial charge in [0.2, 0.25) is 11.8 Å². The molecule has 5 N–H and O–H groups in total. The molecular formula is C8H15N3O4S. The maximum absolute atomic E-state index is 11.5. The molecule has 0 radical (unpaired) electrons. The number of aliphatic carboxylic acids is 1. The predicted molar refractivity (Wildman–Crippen MR) is 60.1 cm³/mol. The second-order valence-electron chi connectivity index (χ2n) is 3.08. The molecular weight excluding hydrogens is 234 g/mol. The number of thiol groups is 1. The van der Waals surface area contributed by atoms with E-state index in [0.29, 0.717) is 0 Å². The monoisotopic (exact) mass is 249 g/mol. The number of carboxylic acid groups (broad SMARTS) is 1. The highest BCUT2D eigenvalue weighted by atomic mass is 32.1. The van der Waals surface area contributed by atoms with Gasteiger partial charge >= 0.3 is 5.97 Å². The van der Waals surface area contributed by atoms with Crippen molar-refractivity contribution in [2.24, 2.45) is 5.73 Å². The van der Waals surface area contributed by atoms with Gasteiger partial charge in [-0.3, -0.25) is 14.4 Å². The molecule has 0 aromatic heterocycles. The van der Waals surface area contributed by atoms with E-state index in [9.17, 15) is 14.4 Å². The van der Waals surface area contributed by atoms with Gasteiger partial charge in [-0.1, -0.05) is 0 Å². The normalized spacial score (nSPS) is 13.7. The molecule has 92 valence electrons. The van der Waals surface area contributed by atoms with Crippen LogP contribution in [-0.4, -0.2) is 47.3 Å². The Hall–Kier alpha value is -1.28. The summed E-state index contributed by atoms with van der Waals surface area (Å²) in [5, 5.41) is 13.1. The summed E-state index contributed by atoms with van der Waals surface area (Å²) in [6, 6.07) is -1.91. The van der Waals surface area contributed by atoms with Crippen molar-refractivity contribution in [3.63, 3.8) is 0 Å². The molecule has 0 saturated carbocycles. The molecule has 0 rings (SSSR count). The number of nitrogens with one attached hydrogen (secondary N) is 2. The van der Waals surface area contributed by atoms with Crippen molar-refractivity contribution in [1.82, 2.24) is 10.6 Å². The molecule has 0 spiro atoms. The van der Waals surface area contributed by atoms with E-state index >= 15 is 0 Å². The van der Waals surface area contributed by atoms with Crippen LogP contribution < -0.4 is 16.4 Å².